The molecule has 0 radical (unpaired) electrons. The molecular weight excluding hydrogens is 294 g/mol. The van der Waals surface area contributed by atoms with Gasteiger partial charge < -0.3 is 9.64 Å². The molecule has 1 N–H and O–H groups in total. The average Bonchev–Trinajstić information content (AvgIpc) is 2.93. The number of aromatic amines is 1. The van der Waals surface area contributed by atoms with Crippen molar-refractivity contribution in [2.24, 2.45) is 0 Å². The van der Waals surface area contributed by atoms with Crippen molar-refractivity contribution in [3.05, 3.63) is 24.0 Å². The van der Waals surface area contributed by atoms with Crippen molar-refractivity contribution in [2.75, 3.05) is 31.1 Å². The Morgan fingerprint density at radius 3 is 2.61 bits per heavy atom. The van der Waals surface area contributed by atoms with Crippen molar-refractivity contribution >= 4 is 5.82 Å². The molecule has 124 valence electrons. The normalized spacial score (nSPS) is 16.1. The molecule has 8 nitrogen and oxygen atoms in total. The first-order valence-corrected chi connectivity index (χ1v) is 7.94. The molecule has 3 heterocycles. The monoisotopic (exact) mass is 317 g/mol. The molecule has 0 atom stereocenters. The lowest BCUT2D eigenvalue weighted by Gasteiger charge is -2.34. The van der Waals surface area contributed by atoms with Crippen LogP contribution < -0.4 is 9.64 Å². The van der Waals surface area contributed by atoms with Crippen LogP contribution in [0.2, 0.25) is 0 Å². The van der Waals surface area contributed by atoms with Crippen LogP contribution in [0.5, 0.6) is 5.88 Å². The highest BCUT2D eigenvalue weighted by molar-refractivity contribution is 5.38. The van der Waals surface area contributed by atoms with E-state index in [0.29, 0.717) is 5.88 Å². The van der Waals surface area contributed by atoms with Crippen LogP contribution in [-0.2, 0) is 6.54 Å². The SMILES string of the molecule is Cc1nc(CN2CCN(c3cncc(OC(C)C)n3)CC2)n[nH]1. The maximum absolute atomic E-state index is 5.62. The van der Waals surface area contributed by atoms with Gasteiger partial charge in [0.05, 0.1) is 25.0 Å². The van der Waals surface area contributed by atoms with E-state index in [1.165, 1.54) is 0 Å². The Morgan fingerprint density at radius 2 is 1.96 bits per heavy atom. The van der Waals surface area contributed by atoms with Crippen molar-refractivity contribution in [3.63, 3.8) is 0 Å². The Balaban J connectivity index is 1.56. The lowest BCUT2D eigenvalue weighted by atomic mass is 10.3. The van der Waals surface area contributed by atoms with Gasteiger partial charge in [0.25, 0.3) is 0 Å². The minimum absolute atomic E-state index is 0.0983. The lowest BCUT2D eigenvalue weighted by molar-refractivity contribution is 0.229. The van der Waals surface area contributed by atoms with E-state index in [2.05, 4.69) is 34.9 Å². The quantitative estimate of drug-likeness (QED) is 0.881. The Hall–Kier alpha value is -2.22. The maximum atomic E-state index is 5.62. The van der Waals surface area contributed by atoms with E-state index in [-0.39, 0.29) is 6.10 Å². The summed E-state index contributed by atoms with van der Waals surface area (Å²) in [5.41, 5.74) is 0. The molecule has 2 aromatic heterocycles. The highest BCUT2D eigenvalue weighted by atomic mass is 16.5. The highest BCUT2D eigenvalue weighted by Gasteiger charge is 2.20. The van der Waals surface area contributed by atoms with Crippen LogP contribution in [0.3, 0.4) is 0 Å². The van der Waals surface area contributed by atoms with Crippen LogP contribution in [0, 0.1) is 6.92 Å². The number of nitrogens with one attached hydrogen (secondary N) is 1. The number of nitrogens with zero attached hydrogens (tertiary/aromatic N) is 6. The van der Waals surface area contributed by atoms with Gasteiger partial charge in [0, 0.05) is 26.2 Å². The molecule has 23 heavy (non-hydrogen) atoms. The van der Waals surface area contributed by atoms with E-state index in [1.807, 2.05) is 20.8 Å². The Labute approximate surface area is 135 Å². The molecule has 1 saturated heterocycles. The molecule has 8 heteroatoms. The fourth-order valence-corrected chi connectivity index (χ4v) is 2.58. The third-order valence-electron chi connectivity index (χ3n) is 3.66. The largest absolute Gasteiger partial charge is 0.474 e. The average molecular weight is 317 g/mol. The van der Waals surface area contributed by atoms with E-state index in [1.54, 1.807) is 12.4 Å². The third kappa shape index (κ3) is 4.16. The van der Waals surface area contributed by atoms with Crippen LogP contribution >= 0.6 is 0 Å². The molecule has 1 fully saturated rings. The van der Waals surface area contributed by atoms with Crippen LogP contribution in [-0.4, -0.2) is 62.3 Å². The Morgan fingerprint density at radius 1 is 1.17 bits per heavy atom. The zero-order chi connectivity index (χ0) is 16.2. The van der Waals surface area contributed by atoms with Crippen LogP contribution in [0.4, 0.5) is 5.82 Å². The van der Waals surface area contributed by atoms with Crippen molar-refractivity contribution < 1.29 is 4.74 Å². The molecule has 0 aromatic carbocycles. The molecule has 0 saturated carbocycles. The van der Waals surface area contributed by atoms with Crippen LogP contribution in [0.25, 0.3) is 0 Å². The summed E-state index contributed by atoms with van der Waals surface area (Å²) in [6.07, 6.45) is 3.55. The van der Waals surface area contributed by atoms with Crippen LogP contribution in [0.15, 0.2) is 12.4 Å². The van der Waals surface area contributed by atoms with Gasteiger partial charge in [-0.3, -0.25) is 15.0 Å². The van der Waals surface area contributed by atoms with Gasteiger partial charge >= 0.3 is 0 Å². The topological polar surface area (TPSA) is 83.1 Å². The van der Waals surface area contributed by atoms with Crippen LogP contribution in [0.1, 0.15) is 25.5 Å². The first kappa shape index (κ1) is 15.7. The van der Waals surface area contributed by atoms with E-state index < -0.39 is 0 Å². The number of aryl methyl sites for hydroxylation is 1. The number of hydrogen-bond donors (Lipinski definition) is 1. The first-order chi connectivity index (χ1) is 11.1. The van der Waals surface area contributed by atoms with Gasteiger partial charge in [0.15, 0.2) is 11.6 Å². The zero-order valence-corrected chi connectivity index (χ0v) is 13.9. The maximum Gasteiger partial charge on any atom is 0.234 e. The summed E-state index contributed by atoms with van der Waals surface area (Å²) >= 11 is 0. The summed E-state index contributed by atoms with van der Waals surface area (Å²) in [5, 5.41) is 7.08. The number of piperazine rings is 1. The Kier molecular flexibility index (Phi) is 4.71. The molecule has 0 spiro atoms. The van der Waals surface area contributed by atoms with Gasteiger partial charge in [-0.2, -0.15) is 10.1 Å². The fourth-order valence-electron chi connectivity index (χ4n) is 2.58. The molecule has 2 aromatic rings. The fraction of sp³-hybridized carbons (Fsp3) is 0.600. The summed E-state index contributed by atoms with van der Waals surface area (Å²) in [7, 11) is 0. The molecule has 0 aliphatic carbocycles. The second-order valence-electron chi connectivity index (χ2n) is 5.98. The van der Waals surface area contributed by atoms with E-state index in [9.17, 15) is 0 Å². The predicted octanol–water partition coefficient (Wildman–Crippen LogP) is 1.01. The zero-order valence-electron chi connectivity index (χ0n) is 13.9. The van der Waals surface area contributed by atoms with Gasteiger partial charge in [-0.15, -0.1) is 0 Å². The van der Waals surface area contributed by atoms with Crippen molar-refractivity contribution in [1.82, 2.24) is 30.0 Å². The minimum Gasteiger partial charge on any atom is -0.474 e. The smallest absolute Gasteiger partial charge is 0.234 e. The molecule has 3 rings (SSSR count). The van der Waals surface area contributed by atoms with E-state index in [0.717, 1.165) is 50.2 Å². The highest BCUT2D eigenvalue weighted by Crippen LogP contribution is 2.17. The molecule has 0 unspecified atom stereocenters. The van der Waals surface area contributed by atoms with Crippen molar-refractivity contribution in [3.8, 4) is 5.88 Å². The lowest BCUT2D eigenvalue weighted by Crippen LogP contribution is -2.46. The van der Waals surface area contributed by atoms with E-state index in [4.69, 9.17) is 4.74 Å². The summed E-state index contributed by atoms with van der Waals surface area (Å²) < 4.78 is 5.62. The summed E-state index contributed by atoms with van der Waals surface area (Å²) in [6, 6.07) is 0. The molecule has 0 bridgehead atoms. The molecule has 1 aliphatic heterocycles. The number of hydrogen-bond acceptors (Lipinski definition) is 7. The van der Waals surface area contributed by atoms with Crippen molar-refractivity contribution in [1.29, 1.82) is 0 Å². The number of rotatable bonds is 5. The van der Waals surface area contributed by atoms with Gasteiger partial charge in [-0.1, -0.05) is 0 Å². The van der Waals surface area contributed by atoms with Gasteiger partial charge in [-0.05, 0) is 20.8 Å². The first-order valence-electron chi connectivity index (χ1n) is 7.94. The Bertz CT molecular complexity index is 634. The second-order valence-corrected chi connectivity index (χ2v) is 5.98. The summed E-state index contributed by atoms with van der Waals surface area (Å²) in [5.74, 6) is 3.16. The second kappa shape index (κ2) is 6.91. The summed E-state index contributed by atoms with van der Waals surface area (Å²) in [6.45, 7) is 10.4. The number of ether oxygens (including phenoxy) is 1. The van der Waals surface area contributed by atoms with Gasteiger partial charge in [0.1, 0.15) is 5.82 Å². The van der Waals surface area contributed by atoms with Gasteiger partial charge in [-0.25, -0.2) is 4.98 Å². The van der Waals surface area contributed by atoms with E-state index >= 15 is 0 Å². The summed E-state index contributed by atoms with van der Waals surface area (Å²) in [4.78, 5) is 17.7. The minimum atomic E-state index is 0.0983. The number of aromatic nitrogens is 5. The predicted molar refractivity (Wildman–Crippen MR) is 86.4 cm³/mol. The standard InChI is InChI=1S/C15H23N7O/c1-11(2)23-15-9-16-8-14(18-15)22-6-4-21(5-7-22)10-13-17-12(3)19-20-13/h8-9,11H,4-7,10H2,1-3H3,(H,17,19,20). The molecule has 1 aliphatic rings. The van der Waals surface area contributed by atoms with Crippen molar-refractivity contribution in [2.45, 2.75) is 33.4 Å². The number of H-pyrrole nitrogens is 1. The van der Waals surface area contributed by atoms with Gasteiger partial charge in [0.2, 0.25) is 5.88 Å². The molecule has 0 amide bonds. The third-order valence-corrected chi connectivity index (χ3v) is 3.66. The number of anilines is 1. The molecular formula is C15H23N7O.